The molecule has 16 heavy (non-hydrogen) atoms. The van der Waals surface area contributed by atoms with Crippen LogP contribution in [-0.2, 0) is 0 Å². The molecule has 1 rings (SSSR count). The van der Waals surface area contributed by atoms with Crippen LogP contribution >= 0.6 is 15.9 Å². The maximum absolute atomic E-state index is 10.5. The Morgan fingerprint density at radius 3 is 2.94 bits per heavy atom. The first-order valence-electron chi connectivity index (χ1n) is 4.69. The summed E-state index contributed by atoms with van der Waals surface area (Å²) in [5.74, 6) is 0.634. The van der Waals surface area contributed by atoms with Crippen molar-refractivity contribution in [2.24, 2.45) is 5.92 Å². The Balaban J connectivity index is 2.72. The van der Waals surface area contributed by atoms with E-state index in [2.05, 4.69) is 26.2 Å². The second-order valence-corrected chi connectivity index (χ2v) is 4.30. The Labute approximate surface area is 101 Å². The Bertz CT molecular complexity index is 386. The molecule has 88 valence electrons. The SMILES string of the molecule is CC(CO)CNc1ncc([N+](=O)[O-])cc1Br. The van der Waals surface area contributed by atoms with Crippen molar-refractivity contribution in [3.05, 3.63) is 26.9 Å². The second kappa shape index (κ2) is 5.76. The third kappa shape index (κ3) is 3.42. The van der Waals surface area contributed by atoms with E-state index in [0.717, 1.165) is 0 Å². The van der Waals surface area contributed by atoms with Gasteiger partial charge >= 0.3 is 0 Å². The highest BCUT2D eigenvalue weighted by molar-refractivity contribution is 9.10. The van der Waals surface area contributed by atoms with Crippen molar-refractivity contribution >= 4 is 27.4 Å². The van der Waals surface area contributed by atoms with E-state index < -0.39 is 4.92 Å². The zero-order valence-electron chi connectivity index (χ0n) is 8.68. The van der Waals surface area contributed by atoms with E-state index in [9.17, 15) is 10.1 Å². The molecule has 6 nitrogen and oxygen atoms in total. The van der Waals surface area contributed by atoms with Gasteiger partial charge in [0.15, 0.2) is 0 Å². The van der Waals surface area contributed by atoms with Crippen LogP contribution < -0.4 is 5.32 Å². The van der Waals surface area contributed by atoms with Crippen molar-refractivity contribution in [3.8, 4) is 0 Å². The van der Waals surface area contributed by atoms with Gasteiger partial charge in [-0.25, -0.2) is 4.98 Å². The summed E-state index contributed by atoms with van der Waals surface area (Å²) in [4.78, 5) is 13.9. The molecule has 1 aromatic heterocycles. The molecular weight excluding hydrogens is 278 g/mol. The van der Waals surface area contributed by atoms with Gasteiger partial charge in [0.2, 0.25) is 0 Å². The third-order valence-corrected chi connectivity index (χ3v) is 2.57. The fourth-order valence-corrected chi connectivity index (χ4v) is 1.47. The predicted molar refractivity (Wildman–Crippen MR) is 63.3 cm³/mol. The number of anilines is 1. The number of aliphatic hydroxyl groups excluding tert-OH is 1. The second-order valence-electron chi connectivity index (χ2n) is 3.45. The summed E-state index contributed by atoms with van der Waals surface area (Å²) < 4.78 is 0.534. The highest BCUT2D eigenvalue weighted by Gasteiger charge is 2.10. The van der Waals surface area contributed by atoms with E-state index in [4.69, 9.17) is 5.11 Å². The van der Waals surface area contributed by atoms with Crippen LogP contribution in [0.1, 0.15) is 6.92 Å². The van der Waals surface area contributed by atoms with Crippen LogP contribution in [0.3, 0.4) is 0 Å². The van der Waals surface area contributed by atoms with E-state index in [1.807, 2.05) is 6.92 Å². The lowest BCUT2D eigenvalue weighted by molar-refractivity contribution is -0.385. The van der Waals surface area contributed by atoms with Gasteiger partial charge in [0.25, 0.3) is 5.69 Å². The lowest BCUT2D eigenvalue weighted by atomic mass is 10.2. The lowest BCUT2D eigenvalue weighted by Crippen LogP contribution is -2.15. The van der Waals surface area contributed by atoms with Gasteiger partial charge in [0, 0.05) is 19.2 Å². The maximum atomic E-state index is 10.5. The Hall–Kier alpha value is -1.21. The van der Waals surface area contributed by atoms with Gasteiger partial charge in [-0.3, -0.25) is 10.1 Å². The number of aliphatic hydroxyl groups is 1. The number of pyridine rings is 1. The van der Waals surface area contributed by atoms with Crippen molar-refractivity contribution in [1.29, 1.82) is 0 Å². The average molecular weight is 290 g/mol. The number of nitrogens with zero attached hydrogens (tertiary/aromatic N) is 2. The summed E-state index contributed by atoms with van der Waals surface area (Å²) in [7, 11) is 0. The Morgan fingerprint density at radius 1 is 1.75 bits per heavy atom. The molecular formula is C9H12BrN3O3. The number of hydrogen-bond acceptors (Lipinski definition) is 5. The maximum Gasteiger partial charge on any atom is 0.288 e. The number of nitrogens with one attached hydrogen (secondary N) is 1. The molecule has 0 saturated heterocycles. The molecule has 0 amide bonds. The first kappa shape index (κ1) is 12.9. The number of nitro groups is 1. The molecule has 0 fully saturated rings. The van der Waals surface area contributed by atoms with E-state index in [1.165, 1.54) is 12.3 Å². The van der Waals surface area contributed by atoms with Gasteiger partial charge in [0.1, 0.15) is 12.0 Å². The molecule has 1 unspecified atom stereocenters. The molecule has 1 atom stereocenters. The summed E-state index contributed by atoms with van der Waals surface area (Å²) in [5, 5.41) is 22.3. The fraction of sp³-hybridized carbons (Fsp3) is 0.444. The first-order valence-corrected chi connectivity index (χ1v) is 5.48. The molecule has 0 saturated carbocycles. The molecule has 0 aliphatic heterocycles. The summed E-state index contributed by atoms with van der Waals surface area (Å²) in [5.41, 5.74) is -0.0624. The smallest absolute Gasteiger partial charge is 0.288 e. The van der Waals surface area contributed by atoms with Crippen LogP contribution in [0, 0.1) is 16.0 Å². The first-order chi connectivity index (χ1) is 7.54. The molecule has 0 aliphatic carbocycles. The predicted octanol–water partition coefficient (Wildman–Crippen LogP) is 1.79. The number of hydrogen-bond donors (Lipinski definition) is 2. The van der Waals surface area contributed by atoms with Gasteiger partial charge in [-0.15, -0.1) is 0 Å². The zero-order valence-corrected chi connectivity index (χ0v) is 10.3. The summed E-state index contributed by atoms with van der Waals surface area (Å²) >= 11 is 3.20. The largest absolute Gasteiger partial charge is 0.396 e. The van der Waals surface area contributed by atoms with Crippen LogP contribution in [0.2, 0.25) is 0 Å². The zero-order chi connectivity index (χ0) is 12.1. The molecule has 0 radical (unpaired) electrons. The minimum atomic E-state index is -0.502. The third-order valence-electron chi connectivity index (χ3n) is 1.97. The number of rotatable bonds is 5. The van der Waals surface area contributed by atoms with E-state index in [-0.39, 0.29) is 18.2 Å². The molecule has 0 aliphatic rings. The van der Waals surface area contributed by atoms with E-state index in [0.29, 0.717) is 16.8 Å². The van der Waals surface area contributed by atoms with Crippen molar-refractivity contribution in [2.75, 3.05) is 18.5 Å². The monoisotopic (exact) mass is 289 g/mol. The molecule has 0 aromatic carbocycles. The van der Waals surface area contributed by atoms with E-state index in [1.54, 1.807) is 0 Å². The highest BCUT2D eigenvalue weighted by Crippen LogP contribution is 2.24. The molecule has 1 aromatic rings. The highest BCUT2D eigenvalue weighted by atomic mass is 79.9. The minimum Gasteiger partial charge on any atom is -0.396 e. The normalized spacial score (nSPS) is 12.2. The summed E-state index contributed by atoms with van der Waals surface area (Å²) in [6.45, 7) is 2.52. The van der Waals surface area contributed by atoms with Crippen LogP contribution in [0.25, 0.3) is 0 Å². The lowest BCUT2D eigenvalue weighted by Gasteiger charge is -2.10. The number of aromatic nitrogens is 1. The van der Waals surface area contributed by atoms with Gasteiger partial charge in [-0.2, -0.15) is 0 Å². The van der Waals surface area contributed by atoms with E-state index >= 15 is 0 Å². The Morgan fingerprint density at radius 2 is 2.44 bits per heavy atom. The van der Waals surface area contributed by atoms with Crippen molar-refractivity contribution in [1.82, 2.24) is 4.98 Å². The molecule has 1 heterocycles. The molecule has 7 heteroatoms. The van der Waals surface area contributed by atoms with Gasteiger partial charge in [-0.1, -0.05) is 6.92 Å². The quantitative estimate of drug-likeness (QED) is 0.637. The number of halogens is 1. The fourth-order valence-electron chi connectivity index (χ4n) is 0.993. The topological polar surface area (TPSA) is 88.3 Å². The van der Waals surface area contributed by atoms with Gasteiger partial charge < -0.3 is 10.4 Å². The van der Waals surface area contributed by atoms with Crippen molar-refractivity contribution in [2.45, 2.75) is 6.92 Å². The minimum absolute atomic E-state index is 0.0624. The Kier molecular flexibility index (Phi) is 4.63. The van der Waals surface area contributed by atoms with Crippen molar-refractivity contribution in [3.63, 3.8) is 0 Å². The van der Waals surface area contributed by atoms with Crippen LogP contribution in [0.15, 0.2) is 16.7 Å². The van der Waals surface area contributed by atoms with Crippen molar-refractivity contribution < 1.29 is 10.0 Å². The molecule has 0 spiro atoms. The van der Waals surface area contributed by atoms with Crippen LogP contribution in [0.4, 0.5) is 11.5 Å². The molecule has 0 bridgehead atoms. The van der Waals surface area contributed by atoms with Gasteiger partial charge in [-0.05, 0) is 21.8 Å². The van der Waals surface area contributed by atoms with Gasteiger partial charge in [0.05, 0.1) is 9.40 Å². The standard InChI is InChI=1S/C9H12BrN3O3/c1-6(5-14)3-11-9-8(10)2-7(4-12-9)13(15)16/h2,4,6,14H,3,5H2,1H3,(H,11,12). The molecule has 2 N–H and O–H groups in total. The summed E-state index contributed by atoms with van der Waals surface area (Å²) in [6.07, 6.45) is 1.19. The van der Waals surface area contributed by atoms with Crippen LogP contribution in [0.5, 0.6) is 0 Å². The summed E-state index contributed by atoms with van der Waals surface area (Å²) in [6, 6.07) is 1.39. The van der Waals surface area contributed by atoms with Crippen LogP contribution in [-0.4, -0.2) is 28.2 Å². The average Bonchev–Trinajstić information content (AvgIpc) is 2.26.